The van der Waals surface area contributed by atoms with Crippen molar-refractivity contribution in [3.05, 3.63) is 35.4 Å². The molecule has 1 N–H and O–H groups in total. The fourth-order valence-electron chi connectivity index (χ4n) is 1.95. The molecule has 0 radical (unpaired) electrons. The van der Waals surface area contributed by atoms with Crippen LogP contribution >= 0.6 is 0 Å². The number of Topliss-reactive ketones (excluding diaryl/α,β-unsaturated/α-hetero) is 3. The van der Waals surface area contributed by atoms with E-state index >= 15 is 0 Å². The van der Waals surface area contributed by atoms with Gasteiger partial charge in [0, 0.05) is 17.5 Å². The van der Waals surface area contributed by atoms with Crippen molar-refractivity contribution in [1.82, 2.24) is 0 Å². The Labute approximate surface area is 91.9 Å². The molecule has 0 aromatic heterocycles. The Morgan fingerprint density at radius 3 is 2.00 bits per heavy atom. The highest BCUT2D eigenvalue weighted by Gasteiger charge is 2.52. The minimum atomic E-state index is -2.18. The summed E-state index contributed by atoms with van der Waals surface area (Å²) in [6, 6.07) is 6.19. The van der Waals surface area contributed by atoms with Crippen LogP contribution < -0.4 is 0 Å². The minimum absolute atomic E-state index is 0.191. The molecule has 1 aliphatic rings. The van der Waals surface area contributed by atoms with Crippen LogP contribution in [0.5, 0.6) is 0 Å². The number of fused-ring (bicyclic) bond motifs is 1. The second kappa shape index (κ2) is 3.35. The predicted octanol–water partition coefficient (Wildman–Crippen LogP) is 0.776. The summed E-state index contributed by atoms with van der Waals surface area (Å²) in [7, 11) is 0. The predicted molar refractivity (Wildman–Crippen MR) is 55.4 cm³/mol. The van der Waals surface area contributed by atoms with Crippen molar-refractivity contribution in [3.8, 4) is 0 Å². The van der Waals surface area contributed by atoms with Crippen LogP contribution in [0.4, 0.5) is 0 Å². The molecule has 0 fully saturated rings. The second-order valence-electron chi connectivity index (χ2n) is 3.94. The van der Waals surface area contributed by atoms with Gasteiger partial charge in [0.15, 0.2) is 5.60 Å². The molecular formula is C12H10O4. The first-order valence-electron chi connectivity index (χ1n) is 4.87. The second-order valence-corrected chi connectivity index (χ2v) is 3.94. The van der Waals surface area contributed by atoms with Gasteiger partial charge < -0.3 is 5.11 Å². The van der Waals surface area contributed by atoms with E-state index in [1.165, 1.54) is 19.1 Å². The molecule has 82 valence electrons. The molecule has 0 saturated heterocycles. The lowest BCUT2D eigenvalue weighted by atomic mass is 9.92. The summed E-state index contributed by atoms with van der Waals surface area (Å²) in [5.74, 6) is -1.75. The van der Waals surface area contributed by atoms with Crippen molar-refractivity contribution < 1.29 is 19.5 Å². The fraction of sp³-hybridized carbons (Fsp3) is 0.250. The number of benzene rings is 1. The van der Waals surface area contributed by atoms with Crippen molar-refractivity contribution in [3.63, 3.8) is 0 Å². The molecule has 0 heterocycles. The number of carbonyl (C=O) groups excluding carboxylic acids is 3. The van der Waals surface area contributed by atoms with Crippen LogP contribution in [0.1, 0.15) is 34.1 Å². The molecule has 0 bridgehead atoms. The molecule has 0 saturated carbocycles. The maximum atomic E-state index is 11.8. The van der Waals surface area contributed by atoms with Gasteiger partial charge in [0.2, 0.25) is 11.6 Å². The fourth-order valence-corrected chi connectivity index (χ4v) is 1.95. The molecule has 4 nitrogen and oxygen atoms in total. The van der Waals surface area contributed by atoms with E-state index in [0.717, 1.165) is 0 Å². The van der Waals surface area contributed by atoms with E-state index < -0.39 is 29.4 Å². The van der Waals surface area contributed by atoms with Gasteiger partial charge in [-0.3, -0.25) is 14.4 Å². The van der Waals surface area contributed by atoms with Gasteiger partial charge >= 0.3 is 0 Å². The number of carbonyl (C=O) groups is 3. The lowest BCUT2D eigenvalue weighted by Crippen LogP contribution is -2.42. The zero-order valence-electron chi connectivity index (χ0n) is 8.69. The Hall–Kier alpha value is -1.81. The Morgan fingerprint density at radius 1 is 1.19 bits per heavy atom. The van der Waals surface area contributed by atoms with Crippen LogP contribution in [0.3, 0.4) is 0 Å². The molecule has 16 heavy (non-hydrogen) atoms. The summed E-state index contributed by atoms with van der Waals surface area (Å²) in [5.41, 5.74) is -1.80. The third kappa shape index (κ3) is 1.31. The smallest absolute Gasteiger partial charge is 0.203 e. The number of aliphatic hydroxyl groups is 1. The molecule has 1 aromatic rings. The summed E-state index contributed by atoms with van der Waals surface area (Å²) < 4.78 is 0. The van der Waals surface area contributed by atoms with E-state index in [9.17, 15) is 19.5 Å². The lowest BCUT2D eigenvalue weighted by molar-refractivity contribution is -0.119. The Balaban J connectivity index is 2.53. The number of hydrogen-bond donors (Lipinski definition) is 1. The van der Waals surface area contributed by atoms with Crippen LogP contribution in [0.2, 0.25) is 0 Å². The molecular weight excluding hydrogens is 208 g/mol. The largest absolute Gasteiger partial charge is 0.374 e. The summed E-state index contributed by atoms with van der Waals surface area (Å²) >= 11 is 0. The Morgan fingerprint density at radius 2 is 1.62 bits per heavy atom. The molecule has 0 atom stereocenters. The van der Waals surface area contributed by atoms with Gasteiger partial charge in [0.1, 0.15) is 5.78 Å². The standard InChI is InChI=1S/C12H10O4/c1-7(13)6-12(16)10(14)8-4-2-3-5-9(8)11(12)15/h2-5,16H,6H2,1H3. The van der Waals surface area contributed by atoms with Crippen molar-refractivity contribution in [2.75, 3.05) is 0 Å². The minimum Gasteiger partial charge on any atom is -0.374 e. The van der Waals surface area contributed by atoms with E-state index in [0.29, 0.717) is 0 Å². The van der Waals surface area contributed by atoms with Gasteiger partial charge in [0.05, 0.1) is 0 Å². The van der Waals surface area contributed by atoms with Gasteiger partial charge in [-0.05, 0) is 6.92 Å². The molecule has 0 unspecified atom stereocenters. The third-order valence-corrected chi connectivity index (χ3v) is 2.67. The highest BCUT2D eigenvalue weighted by Crippen LogP contribution is 2.32. The lowest BCUT2D eigenvalue weighted by Gasteiger charge is -2.16. The first kappa shape index (κ1) is 10.7. The van der Waals surface area contributed by atoms with Crippen LogP contribution in [-0.4, -0.2) is 28.1 Å². The average Bonchev–Trinajstić information content (AvgIpc) is 2.42. The van der Waals surface area contributed by atoms with Gasteiger partial charge in [-0.25, -0.2) is 0 Å². The van der Waals surface area contributed by atoms with E-state index in [-0.39, 0.29) is 11.1 Å². The molecule has 0 spiro atoms. The summed E-state index contributed by atoms with van der Waals surface area (Å²) in [5, 5.41) is 10.0. The average molecular weight is 218 g/mol. The summed E-state index contributed by atoms with van der Waals surface area (Å²) in [6.45, 7) is 1.24. The van der Waals surface area contributed by atoms with E-state index in [4.69, 9.17) is 0 Å². The maximum Gasteiger partial charge on any atom is 0.203 e. The number of hydrogen-bond acceptors (Lipinski definition) is 4. The summed E-state index contributed by atoms with van der Waals surface area (Å²) in [4.78, 5) is 34.7. The molecule has 0 aliphatic heterocycles. The van der Waals surface area contributed by atoms with Crippen molar-refractivity contribution in [2.24, 2.45) is 0 Å². The van der Waals surface area contributed by atoms with Crippen LogP contribution in [-0.2, 0) is 4.79 Å². The Kier molecular flexibility index (Phi) is 2.24. The van der Waals surface area contributed by atoms with Gasteiger partial charge in [-0.15, -0.1) is 0 Å². The topological polar surface area (TPSA) is 71.4 Å². The zero-order chi connectivity index (χ0) is 11.9. The van der Waals surface area contributed by atoms with Crippen LogP contribution in [0.25, 0.3) is 0 Å². The molecule has 1 aromatic carbocycles. The van der Waals surface area contributed by atoms with Gasteiger partial charge in [-0.1, -0.05) is 24.3 Å². The number of ketones is 3. The molecule has 2 rings (SSSR count). The SMILES string of the molecule is CC(=O)CC1(O)C(=O)c2ccccc2C1=O. The first-order valence-corrected chi connectivity index (χ1v) is 4.87. The van der Waals surface area contributed by atoms with Crippen molar-refractivity contribution >= 4 is 17.3 Å². The number of rotatable bonds is 2. The highest BCUT2D eigenvalue weighted by molar-refractivity contribution is 6.32. The highest BCUT2D eigenvalue weighted by atomic mass is 16.3. The van der Waals surface area contributed by atoms with E-state index in [1.807, 2.05) is 0 Å². The van der Waals surface area contributed by atoms with Gasteiger partial charge in [0.25, 0.3) is 0 Å². The molecule has 1 aliphatic carbocycles. The quantitative estimate of drug-likeness (QED) is 0.744. The molecule has 4 heteroatoms. The summed E-state index contributed by atoms with van der Waals surface area (Å²) in [6.07, 6.45) is -0.459. The zero-order valence-corrected chi connectivity index (χ0v) is 8.69. The Bertz CT molecular complexity index is 466. The third-order valence-electron chi connectivity index (χ3n) is 2.67. The van der Waals surface area contributed by atoms with Crippen LogP contribution in [0, 0.1) is 0 Å². The molecule has 0 amide bonds. The van der Waals surface area contributed by atoms with E-state index in [1.54, 1.807) is 12.1 Å². The monoisotopic (exact) mass is 218 g/mol. The van der Waals surface area contributed by atoms with Crippen molar-refractivity contribution in [1.29, 1.82) is 0 Å². The maximum absolute atomic E-state index is 11.8. The normalized spacial score (nSPS) is 17.4. The van der Waals surface area contributed by atoms with Gasteiger partial charge in [-0.2, -0.15) is 0 Å². The van der Waals surface area contributed by atoms with E-state index in [2.05, 4.69) is 0 Å². The first-order chi connectivity index (χ1) is 7.47. The van der Waals surface area contributed by atoms with Crippen LogP contribution in [0.15, 0.2) is 24.3 Å². The van der Waals surface area contributed by atoms with Crippen molar-refractivity contribution in [2.45, 2.75) is 18.9 Å².